The molecule has 0 aromatic heterocycles. The lowest BCUT2D eigenvalue weighted by Crippen LogP contribution is -2.76. The van der Waals surface area contributed by atoms with E-state index in [0.717, 1.165) is 6.92 Å². The number of nitrogens with zero attached hydrogens (tertiary/aromatic N) is 4. The third-order valence-electron chi connectivity index (χ3n) is 2.35. The van der Waals surface area contributed by atoms with E-state index in [2.05, 4.69) is 0 Å². The molecule has 0 N–H and O–H groups in total. The van der Waals surface area contributed by atoms with E-state index in [4.69, 9.17) is 0 Å². The molecule has 78 valence electrons. The molecule has 1 unspecified atom stereocenters. The van der Waals surface area contributed by atoms with Crippen molar-refractivity contribution in [3.8, 4) is 0 Å². The van der Waals surface area contributed by atoms with Gasteiger partial charge in [-0.05, 0) is 6.92 Å². The summed E-state index contributed by atoms with van der Waals surface area (Å²) in [6, 6.07) is -1.34. The fraction of sp³-hybridized carbons (Fsp3) is 1.00. The van der Waals surface area contributed by atoms with Crippen LogP contribution in [0.15, 0.2) is 0 Å². The van der Waals surface area contributed by atoms with E-state index >= 15 is 0 Å². The van der Waals surface area contributed by atoms with Gasteiger partial charge in [0.25, 0.3) is 0 Å². The molecular formula is C4H6N4O6. The zero-order valence-electron chi connectivity index (χ0n) is 7.02. The van der Waals surface area contributed by atoms with Gasteiger partial charge in [-0.25, -0.2) is 10.1 Å². The van der Waals surface area contributed by atoms with Crippen LogP contribution in [0.3, 0.4) is 0 Å². The number of hydrogen-bond donors (Lipinski definition) is 0. The van der Waals surface area contributed by atoms with Crippen molar-refractivity contribution in [1.82, 2.24) is 5.01 Å². The Balaban J connectivity index is 2.94. The molecule has 0 bridgehead atoms. The Bertz CT molecular complexity index is 301. The van der Waals surface area contributed by atoms with Crippen molar-refractivity contribution in [2.24, 2.45) is 0 Å². The third kappa shape index (κ3) is 0.963. The molecule has 1 atom stereocenters. The molecule has 1 saturated heterocycles. The molecule has 0 amide bonds. The van der Waals surface area contributed by atoms with Crippen LogP contribution in [-0.4, -0.2) is 38.1 Å². The largest absolute Gasteiger partial charge is 0.505 e. The predicted octanol–water partition coefficient (Wildman–Crippen LogP) is -0.868. The van der Waals surface area contributed by atoms with Crippen LogP contribution in [0.2, 0.25) is 0 Å². The van der Waals surface area contributed by atoms with Crippen molar-refractivity contribution in [3.63, 3.8) is 0 Å². The van der Waals surface area contributed by atoms with Gasteiger partial charge in [0.05, 0.1) is 0 Å². The summed E-state index contributed by atoms with van der Waals surface area (Å²) >= 11 is 0. The van der Waals surface area contributed by atoms with E-state index in [9.17, 15) is 30.3 Å². The van der Waals surface area contributed by atoms with Crippen molar-refractivity contribution in [2.45, 2.75) is 18.6 Å². The van der Waals surface area contributed by atoms with Crippen LogP contribution in [0.1, 0.15) is 6.92 Å². The highest BCUT2D eigenvalue weighted by atomic mass is 16.7. The Morgan fingerprint density at radius 1 is 1.21 bits per heavy atom. The Hall–Kier alpha value is -2.00. The Morgan fingerprint density at radius 2 is 1.64 bits per heavy atom. The molecule has 0 aromatic rings. The lowest BCUT2D eigenvalue weighted by Gasteiger charge is -2.35. The minimum Gasteiger partial charge on any atom is -0.258 e. The monoisotopic (exact) mass is 206 g/mol. The minimum atomic E-state index is -2.44. The standard InChI is InChI=1S/C4H6N4O6/c1-3-4(6(9)10,7(11)12)2-5(3)8(13)14/h3H,2H2,1H3. The van der Waals surface area contributed by atoms with E-state index < -0.39 is 33.1 Å². The average Bonchev–Trinajstić information content (AvgIpc) is 2.00. The van der Waals surface area contributed by atoms with Gasteiger partial charge in [-0.3, -0.25) is 20.2 Å². The van der Waals surface area contributed by atoms with E-state index in [1.807, 2.05) is 0 Å². The van der Waals surface area contributed by atoms with Gasteiger partial charge in [-0.1, -0.05) is 5.01 Å². The van der Waals surface area contributed by atoms with Crippen LogP contribution in [-0.2, 0) is 0 Å². The second-order valence-electron chi connectivity index (χ2n) is 2.90. The summed E-state index contributed by atoms with van der Waals surface area (Å²) in [6.45, 7) is 0.277. The number of nitro groups is 3. The fourth-order valence-corrected chi connectivity index (χ4v) is 1.32. The maximum Gasteiger partial charge on any atom is 0.505 e. The molecule has 1 fully saturated rings. The smallest absolute Gasteiger partial charge is 0.258 e. The lowest BCUT2D eigenvalue weighted by molar-refractivity contribution is -0.861. The van der Waals surface area contributed by atoms with Gasteiger partial charge in [0, 0.05) is 0 Å². The Morgan fingerprint density at radius 3 is 1.86 bits per heavy atom. The highest BCUT2D eigenvalue weighted by molar-refractivity contribution is 4.91. The van der Waals surface area contributed by atoms with E-state index in [-0.39, 0.29) is 0 Å². The summed E-state index contributed by atoms with van der Waals surface area (Å²) in [5.41, 5.74) is -2.44. The topological polar surface area (TPSA) is 133 Å². The average molecular weight is 206 g/mol. The van der Waals surface area contributed by atoms with Crippen molar-refractivity contribution >= 4 is 0 Å². The molecule has 1 heterocycles. The Kier molecular flexibility index (Phi) is 1.98. The van der Waals surface area contributed by atoms with Crippen molar-refractivity contribution in [3.05, 3.63) is 30.3 Å². The summed E-state index contributed by atoms with van der Waals surface area (Å²) in [4.78, 5) is 28.9. The number of rotatable bonds is 3. The van der Waals surface area contributed by atoms with Crippen LogP contribution in [0.4, 0.5) is 0 Å². The molecular weight excluding hydrogens is 200 g/mol. The van der Waals surface area contributed by atoms with Gasteiger partial charge in [-0.2, -0.15) is 0 Å². The van der Waals surface area contributed by atoms with Crippen LogP contribution < -0.4 is 0 Å². The summed E-state index contributed by atoms with van der Waals surface area (Å²) in [6.07, 6.45) is 0. The number of hydrazine groups is 1. The molecule has 0 aromatic carbocycles. The molecule has 14 heavy (non-hydrogen) atoms. The van der Waals surface area contributed by atoms with Crippen molar-refractivity contribution in [1.29, 1.82) is 0 Å². The molecule has 10 nitrogen and oxygen atoms in total. The van der Waals surface area contributed by atoms with Crippen LogP contribution in [0, 0.1) is 30.3 Å². The minimum absolute atomic E-state index is 0.464. The predicted molar refractivity (Wildman–Crippen MR) is 39.9 cm³/mol. The first-order valence-electron chi connectivity index (χ1n) is 3.54. The van der Waals surface area contributed by atoms with Gasteiger partial charge in [-0.15, -0.1) is 0 Å². The Labute approximate surface area is 76.5 Å². The van der Waals surface area contributed by atoms with Crippen molar-refractivity contribution in [2.75, 3.05) is 6.54 Å². The molecule has 0 radical (unpaired) electrons. The van der Waals surface area contributed by atoms with Crippen LogP contribution >= 0.6 is 0 Å². The van der Waals surface area contributed by atoms with Gasteiger partial charge in [0.2, 0.25) is 12.6 Å². The zero-order valence-corrected chi connectivity index (χ0v) is 7.02. The van der Waals surface area contributed by atoms with Crippen molar-refractivity contribution < 1.29 is 14.9 Å². The second kappa shape index (κ2) is 2.75. The van der Waals surface area contributed by atoms with E-state index in [1.165, 1.54) is 0 Å². The summed E-state index contributed by atoms with van der Waals surface area (Å²) in [5, 5.41) is 30.7. The van der Waals surface area contributed by atoms with E-state index in [1.54, 1.807) is 0 Å². The summed E-state index contributed by atoms with van der Waals surface area (Å²) in [7, 11) is 0. The maximum absolute atomic E-state index is 10.4. The quantitative estimate of drug-likeness (QED) is 0.333. The van der Waals surface area contributed by atoms with E-state index in [0.29, 0.717) is 5.01 Å². The SMILES string of the molecule is CC1N([N+](=O)[O-])CC1([N+](=O)[O-])[N+](=O)[O-]. The highest BCUT2D eigenvalue weighted by Crippen LogP contribution is 2.32. The second-order valence-corrected chi connectivity index (χ2v) is 2.90. The highest BCUT2D eigenvalue weighted by Gasteiger charge is 2.77. The first-order chi connectivity index (χ1) is 6.34. The van der Waals surface area contributed by atoms with Crippen LogP contribution in [0.5, 0.6) is 0 Å². The maximum atomic E-state index is 10.4. The normalized spacial score (nSPS) is 23.8. The fourth-order valence-electron chi connectivity index (χ4n) is 1.32. The van der Waals surface area contributed by atoms with Crippen LogP contribution in [0.25, 0.3) is 0 Å². The molecule has 10 heteroatoms. The third-order valence-corrected chi connectivity index (χ3v) is 2.35. The summed E-state index contributed by atoms with van der Waals surface area (Å²) < 4.78 is 0. The summed E-state index contributed by atoms with van der Waals surface area (Å²) in [5.74, 6) is 0. The molecule has 0 spiro atoms. The molecule has 0 aliphatic carbocycles. The molecule has 0 saturated carbocycles. The van der Waals surface area contributed by atoms with Gasteiger partial charge in [0.1, 0.15) is 9.85 Å². The first-order valence-corrected chi connectivity index (χ1v) is 3.54. The van der Waals surface area contributed by atoms with Gasteiger partial charge < -0.3 is 0 Å². The first kappa shape index (κ1) is 10.1. The zero-order chi connectivity index (χ0) is 11.1. The number of hydrogen-bond acceptors (Lipinski definition) is 6. The van der Waals surface area contributed by atoms with Gasteiger partial charge >= 0.3 is 5.66 Å². The molecule has 1 aliphatic heterocycles. The molecule has 1 aliphatic rings. The van der Waals surface area contributed by atoms with Gasteiger partial charge in [0.15, 0.2) is 5.03 Å². The lowest BCUT2D eigenvalue weighted by atomic mass is 9.93. The molecule has 1 rings (SSSR count).